The van der Waals surface area contributed by atoms with Gasteiger partial charge in [-0.25, -0.2) is 29.9 Å². The van der Waals surface area contributed by atoms with Crippen LogP contribution in [0.25, 0.3) is 98.0 Å². The molecule has 7 nitrogen and oxygen atoms in total. The zero-order chi connectivity index (χ0) is 32.3. The Kier molecular flexibility index (Phi) is 6.22. The number of thiophene rings is 1. The highest BCUT2D eigenvalue weighted by Gasteiger charge is 2.12. The molecule has 0 aliphatic heterocycles. The van der Waals surface area contributed by atoms with Crippen molar-refractivity contribution in [1.82, 2.24) is 34.9 Å². The van der Waals surface area contributed by atoms with Crippen molar-refractivity contribution in [2.45, 2.75) is 0 Å². The molecule has 12 bridgehead atoms. The molecular weight excluding hydrogens is 623 g/mol. The maximum absolute atomic E-state index is 5.06. The Balaban J connectivity index is 1.40. The predicted molar refractivity (Wildman–Crippen MR) is 200 cm³/mol. The molecule has 10 aromatic rings. The van der Waals surface area contributed by atoms with E-state index in [2.05, 4.69) is 48.5 Å². The maximum atomic E-state index is 5.06. The van der Waals surface area contributed by atoms with E-state index in [-0.39, 0.29) is 0 Å². The number of aromatic nitrogens is 7. The SMILES string of the molecule is c1ccc(-c2nc3nc(n2)c2ccc4sc5cnc(cc5c4c2)c2nc(-c4ccccc4)nc(n2)c2cccc(c2)c2cccc3c2)cc1. The standard InChI is InChI=1S/C41H23N7S/c1-3-9-24(10-4-1)36-43-38-28-15-7-13-26(19-28)27-14-8-16-29(20-27)39-45-37(25-11-5-2-6-12-25)47-41(48-39)33-22-32-31-21-30(40(44-36)46-38)17-18-34(31)49-35(32)23-42-33/h1-23H. The van der Waals surface area contributed by atoms with Crippen molar-refractivity contribution in [3.63, 3.8) is 0 Å². The lowest BCUT2D eigenvalue weighted by atomic mass is 10.1. The van der Waals surface area contributed by atoms with E-state index in [1.54, 1.807) is 11.3 Å². The van der Waals surface area contributed by atoms with Gasteiger partial charge in [-0.15, -0.1) is 11.3 Å². The molecule has 0 fully saturated rings. The number of hydrogen-bond acceptors (Lipinski definition) is 8. The third kappa shape index (κ3) is 4.85. The lowest BCUT2D eigenvalue weighted by Gasteiger charge is -2.04. The van der Waals surface area contributed by atoms with E-state index in [4.69, 9.17) is 34.9 Å². The van der Waals surface area contributed by atoms with Crippen molar-refractivity contribution in [2.75, 3.05) is 0 Å². The highest BCUT2D eigenvalue weighted by atomic mass is 32.1. The smallest absolute Gasteiger partial charge is 0.182 e. The first-order valence-corrected chi connectivity index (χ1v) is 16.7. The van der Waals surface area contributed by atoms with Gasteiger partial charge in [0.1, 0.15) is 5.52 Å². The van der Waals surface area contributed by atoms with Crippen LogP contribution in [0, 0.1) is 0 Å². The first-order valence-electron chi connectivity index (χ1n) is 15.9. The molecule has 228 valence electrons. The molecule has 0 unspecified atom stereocenters. The van der Waals surface area contributed by atoms with Gasteiger partial charge in [0, 0.05) is 49.0 Å². The molecule has 5 aromatic carbocycles. The normalized spacial score (nSPS) is 11.7. The summed E-state index contributed by atoms with van der Waals surface area (Å²) in [6.45, 7) is 0. The topological polar surface area (TPSA) is 90.2 Å². The third-order valence-corrected chi connectivity index (χ3v) is 9.88. The fourth-order valence-electron chi connectivity index (χ4n) is 6.31. The summed E-state index contributed by atoms with van der Waals surface area (Å²) in [5.74, 6) is 1.22. The summed E-state index contributed by atoms with van der Waals surface area (Å²) in [6.07, 6.45) is 1.92. The molecule has 10 rings (SSSR count). The van der Waals surface area contributed by atoms with Gasteiger partial charge in [-0.3, -0.25) is 4.98 Å². The number of hydrogen-bond donors (Lipinski definition) is 0. The molecule has 0 N–H and O–H groups in total. The van der Waals surface area contributed by atoms with Crippen LogP contribution in [-0.4, -0.2) is 34.9 Å². The Morgan fingerprint density at radius 2 is 0.878 bits per heavy atom. The van der Waals surface area contributed by atoms with Crippen molar-refractivity contribution in [1.29, 1.82) is 0 Å². The average Bonchev–Trinajstić information content (AvgIpc) is 3.55. The Labute approximate surface area is 283 Å². The summed E-state index contributed by atoms with van der Waals surface area (Å²) in [5.41, 5.74) is 4.84. The summed E-state index contributed by atoms with van der Waals surface area (Å²) >= 11 is 1.71. The Bertz CT molecular complexity index is 2800. The molecule has 0 amide bonds. The molecule has 8 heteroatoms. The zero-order valence-electron chi connectivity index (χ0n) is 25.8. The van der Waals surface area contributed by atoms with Gasteiger partial charge in [0.25, 0.3) is 0 Å². The van der Waals surface area contributed by atoms with Crippen LogP contribution in [0.2, 0.25) is 0 Å². The van der Waals surface area contributed by atoms with Gasteiger partial charge in [-0.1, -0.05) is 97.1 Å². The first-order chi connectivity index (χ1) is 24.2. The molecule has 0 atom stereocenters. The monoisotopic (exact) mass is 645 g/mol. The zero-order valence-corrected chi connectivity index (χ0v) is 26.6. The number of fused-ring (bicyclic) bond motifs is 15. The van der Waals surface area contributed by atoms with Crippen molar-refractivity contribution in [2.24, 2.45) is 0 Å². The Hall–Kier alpha value is -6.51. The van der Waals surface area contributed by atoms with Crippen LogP contribution in [0.5, 0.6) is 0 Å². The van der Waals surface area contributed by atoms with Crippen LogP contribution in [0.1, 0.15) is 0 Å². The molecule has 49 heavy (non-hydrogen) atoms. The van der Waals surface area contributed by atoms with Gasteiger partial charge in [0.2, 0.25) is 0 Å². The highest BCUT2D eigenvalue weighted by molar-refractivity contribution is 7.25. The molecule has 5 heterocycles. The fraction of sp³-hybridized carbons (Fsp3) is 0. The quantitative estimate of drug-likeness (QED) is 0.185. The maximum Gasteiger partial charge on any atom is 0.182 e. The van der Waals surface area contributed by atoms with E-state index >= 15 is 0 Å². The van der Waals surface area contributed by atoms with Crippen LogP contribution >= 0.6 is 11.3 Å². The molecule has 0 aliphatic carbocycles. The van der Waals surface area contributed by atoms with Crippen molar-refractivity contribution < 1.29 is 0 Å². The van der Waals surface area contributed by atoms with Gasteiger partial charge in [0.15, 0.2) is 34.2 Å². The van der Waals surface area contributed by atoms with Gasteiger partial charge < -0.3 is 0 Å². The summed E-state index contributed by atoms with van der Waals surface area (Å²) < 4.78 is 2.23. The van der Waals surface area contributed by atoms with Crippen LogP contribution < -0.4 is 0 Å². The minimum absolute atomic E-state index is 0.518. The Morgan fingerprint density at radius 1 is 0.367 bits per heavy atom. The molecule has 0 saturated carbocycles. The number of benzene rings is 5. The summed E-state index contributed by atoms with van der Waals surface area (Å²) in [7, 11) is 0. The molecule has 0 radical (unpaired) electrons. The lowest BCUT2D eigenvalue weighted by molar-refractivity contribution is 1.17. The van der Waals surface area contributed by atoms with Crippen molar-refractivity contribution in [3.8, 4) is 22.8 Å². The van der Waals surface area contributed by atoms with Crippen LogP contribution in [0.15, 0.2) is 140 Å². The van der Waals surface area contributed by atoms with E-state index < -0.39 is 0 Å². The van der Waals surface area contributed by atoms with Gasteiger partial charge >= 0.3 is 0 Å². The summed E-state index contributed by atoms with van der Waals surface area (Å²) in [5, 5.41) is 6.90. The minimum atomic E-state index is 0.518. The fourth-order valence-corrected chi connectivity index (χ4v) is 7.34. The van der Waals surface area contributed by atoms with Crippen LogP contribution in [-0.2, 0) is 0 Å². The number of pyridine rings is 1. The average molecular weight is 646 g/mol. The number of rotatable bonds is 2. The van der Waals surface area contributed by atoms with Crippen LogP contribution in [0.3, 0.4) is 0 Å². The van der Waals surface area contributed by atoms with E-state index in [0.717, 1.165) is 58.2 Å². The second-order valence-corrected chi connectivity index (χ2v) is 13.0. The Morgan fingerprint density at radius 3 is 1.49 bits per heavy atom. The highest BCUT2D eigenvalue weighted by Crippen LogP contribution is 2.36. The van der Waals surface area contributed by atoms with Crippen molar-refractivity contribution >= 4 is 86.5 Å². The van der Waals surface area contributed by atoms with Crippen LogP contribution in [0.4, 0.5) is 0 Å². The van der Waals surface area contributed by atoms with E-state index in [1.165, 1.54) is 0 Å². The van der Waals surface area contributed by atoms with Gasteiger partial charge in [-0.2, -0.15) is 0 Å². The molecule has 0 spiro atoms. The molecule has 5 aromatic heterocycles. The second-order valence-electron chi connectivity index (χ2n) is 11.9. The molecular formula is C41H23N7S. The molecule has 0 aliphatic rings. The second kappa shape index (κ2) is 11.0. The van der Waals surface area contributed by atoms with Gasteiger partial charge in [-0.05, 0) is 47.2 Å². The number of nitrogens with zero attached hydrogens (tertiary/aromatic N) is 7. The summed E-state index contributed by atoms with van der Waals surface area (Å²) in [6, 6.07) is 45.2. The predicted octanol–water partition coefficient (Wildman–Crippen LogP) is 10.0. The van der Waals surface area contributed by atoms with E-state index in [1.807, 2.05) is 91.1 Å². The van der Waals surface area contributed by atoms with Gasteiger partial charge in [0.05, 0.1) is 4.70 Å². The third-order valence-electron chi connectivity index (χ3n) is 8.75. The molecule has 0 saturated heterocycles. The van der Waals surface area contributed by atoms with E-state index in [9.17, 15) is 0 Å². The minimum Gasteiger partial charge on any atom is -0.251 e. The summed E-state index contributed by atoms with van der Waals surface area (Å²) in [4.78, 5) is 34.9. The van der Waals surface area contributed by atoms with E-state index in [0.29, 0.717) is 39.8 Å². The first kappa shape index (κ1) is 27.6. The lowest BCUT2D eigenvalue weighted by Crippen LogP contribution is -1.95. The van der Waals surface area contributed by atoms with Crippen molar-refractivity contribution in [3.05, 3.63) is 140 Å². The largest absolute Gasteiger partial charge is 0.251 e.